The number of halogens is 1. The molecule has 1 atom stereocenters. The highest BCUT2D eigenvalue weighted by Crippen LogP contribution is 2.29. The molecule has 22 heavy (non-hydrogen) atoms. The number of benzene rings is 1. The van der Waals surface area contributed by atoms with E-state index in [9.17, 15) is 4.39 Å². The number of aromatic amines is 2. The molecule has 1 unspecified atom stereocenters. The average Bonchev–Trinajstić information content (AvgIpc) is 3.22. The number of aryl methyl sites for hydroxylation is 1. The summed E-state index contributed by atoms with van der Waals surface area (Å²) in [6.07, 6.45) is 2.96. The van der Waals surface area contributed by atoms with Crippen molar-refractivity contribution in [3.63, 3.8) is 0 Å². The second kappa shape index (κ2) is 5.25. The molecular formula is C17H19FN4. The van der Waals surface area contributed by atoms with E-state index in [2.05, 4.69) is 33.1 Å². The van der Waals surface area contributed by atoms with Crippen LogP contribution in [0.4, 0.5) is 4.39 Å². The molecule has 0 radical (unpaired) electrons. The third-order valence-corrected chi connectivity index (χ3v) is 4.74. The largest absolute Gasteiger partial charge is 0.357 e. The maximum absolute atomic E-state index is 13.4. The van der Waals surface area contributed by atoms with Crippen molar-refractivity contribution in [3.8, 4) is 0 Å². The molecule has 4 rings (SSSR count). The van der Waals surface area contributed by atoms with Crippen LogP contribution >= 0.6 is 0 Å². The van der Waals surface area contributed by atoms with Crippen molar-refractivity contribution in [1.29, 1.82) is 0 Å². The molecule has 2 N–H and O–H groups in total. The second-order valence-corrected chi connectivity index (χ2v) is 6.15. The maximum Gasteiger partial charge on any atom is 0.123 e. The lowest BCUT2D eigenvalue weighted by molar-refractivity contribution is 0.322. The lowest BCUT2D eigenvalue weighted by Gasteiger charge is -2.15. The van der Waals surface area contributed by atoms with Gasteiger partial charge in [-0.1, -0.05) is 0 Å². The first-order valence-electron chi connectivity index (χ1n) is 7.69. The summed E-state index contributed by atoms with van der Waals surface area (Å²) in [5.74, 6) is 0.353. The van der Waals surface area contributed by atoms with Crippen LogP contribution in [-0.2, 0) is 6.54 Å². The van der Waals surface area contributed by atoms with E-state index < -0.39 is 0 Å². The minimum absolute atomic E-state index is 0.179. The van der Waals surface area contributed by atoms with Gasteiger partial charge in [0.1, 0.15) is 5.82 Å². The van der Waals surface area contributed by atoms with Gasteiger partial charge in [-0.15, -0.1) is 0 Å². The summed E-state index contributed by atoms with van der Waals surface area (Å²) in [6.45, 7) is 5.06. The predicted molar refractivity (Wildman–Crippen MR) is 84.2 cm³/mol. The van der Waals surface area contributed by atoms with Crippen molar-refractivity contribution in [3.05, 3.63) is 53.2 Å². The van der Waals surface area contributed by atoms with Gasteiger partial charge in [-0.2, -0.15) is 5.10 Å². The van der Waals surface area contributed by atoms with Crippen LogP contribution in [0.2, 0.25) is 0 Å². The lowest BCUT2D eigenvalue weighted by Crippen LogP contribution is -2.20. The molecule has 114 valence electrons. The van der Waals surface area contributed by atoms with Gasteiger partial charge in [0.25, 0.3) is 0 Å². The zero-order valence-corrected chi connectivity index (χ0v) is 12.6. The highest BCUT2D eigenvalue weighted by molar-refractivity contribution is 5.84. The van der Waals surface area contributed by atoms with Crippen LogP contribution in [0.15, 0.2) is 30.5 Å². The Morgan fingerprint density at radius 3 is 3.09 bits per heavy atom. The van der Waals surface area contributed by atoms with E-state index >= 15 is 0 Å². The first-order chi connectivity index (χ1) is 10.7. The van der Waals surface area contributed by atoms with Crippen molar-refractivity contribution >= 4 is 10.9 Å². The number of fused-ring (bicyclic) bond motifs is 1. The van der Waals surface area contributed by atoms with Crippen LogP contribution < -0.4 is 0 Å². The Morgan fingerprint density at radius 1 is 1.36 bits per heavy atom. The van der Waals surface area contributed by atoms with E-state index in [1.165, 1.54) is 17.5 Å². The molecule has 1 aromatic carbocycles. The van der Waals surface area contributed by atoms with Crippen molar-refractivity contribution in [2.24, 2.45) is 0 Å². The van der Waals surface area contributed by atoms with E-state index in [1.807, 2.05) is 12.3 Å². The molecule has 0 saturated carbocycles. The number of nitrogens with one attached hydrogen (secondary N) is 2. The van der Waals surface area contributed by atoms with Crippen molar-refractivity contribution in [2.75, 3.05) is 13.1 Å². The maximum atomic E-state index is 13.4. The molecule has 2 aromatic heterocycles. The third kappa shape index (κ3) is 2.31. The predicted octanol–water partition coefficient (Wildman–Crippen LogP) is 3.33. The number of rotatable bonds is 3. The van der Waals surface area contributed by atoms with Crippen LogP contribution in [0.5, 0.6) is 0 Å². The van der Waals surface area contributed by atoms with Gasteiger partial charge in [0.2, 0.25) is 0 Å². The van der Waals surface area contributed by atoms with Crippen molar-refractivity contribution < 1.29 is 4.39 Å². The van der Waals surface area contributed by atoms with Gasteiger partial charge < -0.3 is 4.98 Å². The molecule has 1 fully saturated rings. The summed E-state index contributed by atoms with van der Waals surface area (Å²) in [6, 6.07) is 7.00. The van der Waals surface area contributed by atoms with Crippen LogP contribution in [0.3, 0.4) is 0 Å². The topological polar surface area (TPSA) is 47.7 Å². The van der Waals surface area contributed by atoms with E-state index in [0.717, 1.165) is 42.5 Å². The quantitative estimate of drug-likeness (QED) is 0.779. The monoisotopic (exact) mass is 298 g/mol. The van der Waals surface area contributed by atoms with Crippen LogP contribution in [0.1, 0.15) is 29.3 Å². The zero-order chi connectivity index (χ0) is 15.1. The average molecular weight is 298 g/mol. The summed E-state index contributed by atoms with van der Waals surface area (Å²) < 4.78 is 13.4. The molecule has 4 nitrogen and oxygen atoms in total. The minimum Gasteiger partial charge on any atom is -0.357 e. The summed E-state index contributed by atoms with van der Waals surface area (Å²) >= 11 is 0. The van der Waals surface area contributed by atoms with Gasteiger partial charge in [-0.3, -0.25) is 10.00 Å². The van der Waals surface area contributed by atoms with Gasteiger partial charge >= 0.3 is 0 Å². The number of aromatic nitrogens is 3. The standard InChI is InChI=1S/C17H19FN4/c1-11-14-8-13(18)2-3-16(14)20-17(11)10-22-7-5-12(9-22)15-4-6-19-21-15/h2-4,6,8,12,20H,5,7,9-10H2,1H3,(H,19,21). The third-order valence-electron chi connectivity index (χ3n) is 4.74. The summed E-state index contributed by atoms with van der Waals surface area (Å²) in [7, 11) is 0. The molecule has 3 heterocycles. The van der Waals surface area contributed by atoms with Crippen molar-refractivity contribution in [2.45, 2.75) is 25.8 Å². The molecule has 0 bridgehead atoms. The van der Waals surface area contributed by atoms with Gasteiger partial charge in [0, 0.05) is 47.5 Å². The Balaban J connectivity index is 1.53. The summed E-state index contributed by atoms with van der Waals surface area (Å²) in [4.78, 5) is 5.88. The Kier molecular flexibility index (Phi) is 3.22. The Hall–Kier alpha value is -2.14. The number of hydrogen-bond acceptors (Lipinski definition) is 2. The van der Waals surface area contributed by atoms with E-state index in [0.29, 0.717) is 5.92 Å². The molecule has 5 heteroatoms. The van der Waals surface area contributed by atoms with E-state index in [1.54, 1.807) is 6.07 Å². The minimum atomic E-state index is -0.179. The van der Waals surface area contributed by atoms with Gasteiger partial charge in [0.05, 0.1) is 0 Å². The van der Waals surface area contributed by atoms with Crippen LogP contribution in [-0.4, -0.2) is 33.2 Å². The number of likely N-dealkylation sites (tertiary alicyclic amines) is 1. The molecule has 0 aliphatic carbocycles. The second-order valence-electron chi connectivity index (χ2n) is 6.15. The molecule has 0 spiro atoms. The highest BCUT2D eigenvalue weighted by atomic mass is 19.1. The Morgan fingerprint density at radius 2 is 2.27 bits per heavy atom. The SMILES string of the molecule is Cc1c(CN2CCC(c3ccn[nH]3)C2)[nH]c2ccc(F)cc12. The Labute approximate surface area is 128 Å². The lowest BCUT2D eigenvalue weighted by atomic mass is 10.1. The molecule has 1 saturated heterocycles. The number of H-pyrrole nitrogens is 2. The number of nitrogens with zero attached hydrogens (tertiary/aromatic N) is 2. The molecule has 0 amide bonds. The highest BCUT2D eigenvalue weighted by Gasteiger charge is 2.25. The molecule has 1 aliphatic rings. The fraction of sp³-hybridized carbons (Fsp3) is 0.353. The molecule has 3 aromatic rings. The van der Waals surface area contributed by atoms with Gasteiger partial charge in [0.15, 0.2) is 0 Å². The fourth-order valence-electron chi connectivity index (χ4n) is 3.46. The van der Waals surface area contributed by atoms with Crippen LogP contribution in [0, 0.1) is 12.7 Å². The van der Waals surface area contributed by atoms with Gasteiger partial charge in [-0.05, 0) is 49.7 Å². The summed E-state index contributed by atoms with van der Waals surface area (Å²) in [5.41, 5.74) is 4.57. The summed E-state index contributed by atoms with van der Waals surface area (Å²) in [5, 5.41) is 8.10. The van der Waals surface area contributed by atoms with E-state index in [4.69, 9.17) is 0 Å². The first-order valence-corrected chi connectivity index (χ1v) is 7.69. The van der Waals surface area contributed by atoms with Crippen molar-refractivity contribution in [1.82, 2.24) is 20.1 Å². The fourth-order valence-corrected chi connectivity index (χ4v) is 3.46. The first kappa shape index (κ1) is 13.5. The smallest absolute Gasteiger partial charge is 0.123 e. The van der Waals surface area contributed by atoms with Crippen LogP contribution in [0.25, 0.3) is 10.9 Å². The van der Waals surface area contributed by atoms with Gasteiger partial charge in [-0.25, -0.2) is 4.39 Å². The molecule has 1 aliphatic heterocycles. The Bertz CT molecular complexity index is 790. The van der Waals surface area contributed by atoms with E-state index in [-0.39, 0.29) is 5.82 Å². The normalized spacial score (nSPS) is 19.3. The zero-order valence-electron chi connectivity index (χ0n) is 12.6. The number of hydrogen-bond donors (Lipinski definition) is 2. The molecular weight excluding hydrogens is 279 g/mol.